The number of nitrogens with zero attached hydrogens (tertiary/aromatic N) is 2. The van der Waals surface area contributed by atoms with Crippen LogP contribution in [0, 0.1) is 0 Å². The van der Waals surface area contributed by atoms with Crippen molar-refractivity contribution >= 4 is 5.82 Å². The van der Waals surface area contributed by atoms with Crippen LogP contribution >= 0.6 is 0 Å². The molecule has 5 heteroatoms. The molecule has 0 unspecified atom stereocenters. The minimum Gasteiger partial charge on any atom is -0.496 e. The second kappa shape index (κ2) is 6.75. The first-order chi connectivity index (χ1) is 10.8. The molecule has 1 heterocycles. The number of hydrogen-bond donors (Lipinski definition) is 2. The summed E-state index contributed by atoms with van der Waals surface area (Å²) in [7, 11) is 1.70. The molecule has 3 rings (SSSR count). The van der Waals surface area contributed by atoms with Gasteiger partial charge in [-0.3, -0.25) is 0 Å². The molecule has 1 aromatic carbocycles. The fourth-order valence-corrected chi connectivity index (χ4v) is 2.83. The number of benzene rings is 1. The van der Waals surface area contributed by atoms with Crippen molar-refractivity contribution in [1.29, 1.82) is 0 Å². The number of hydrogen-bond acceptors (Lipinski definition) is 5. The van der Waals surface area contributed by atoms with E-state index in [1.807, 2.05) is 24.3 Å². The second-order valence-corrected chi connectivity index (χ2v) is 5.75. The monoisotopic (exact) mass is 298 g/mol. The Morgan fingerprint density at radius 1 is 1.27 bits per heavy atom. The van der Waals surface area contributed by atoms with Gasteiger partial charge in [0.05, 0.1) is 7.11 Å². The van der Waals surface area contributed by atoms with E-state index in [4.69, 9.17) is 10.5 Å². The number of aromatic nitrogens is 2. The summed E-state index contributed by atoms with van der Waals surface area (Å²) in [5.74, 6) is 2.30. The van der Waals surface area contributed by atoms with Gasteiger partial charge in [-0.15, -0.1) is 0 Å². The summed E-state index contributed by atoms with van der Waals surface area (Å²) in [6, 6.07) is 10.5. The minimum absolute atomic E-state index is 0.335. The van der Waals surface area contributed by atoms with E-state index in [0.717, 1.165) is 43.1 Å². The van der Waals surface area contributed by atoms with Gasteiger partial charge in [-0.05, 0) is 30.9 Å². The van der Waals surface area contributed by atoms with Crippen LogP contribution in [-0.2, 0) is 6.42 Å². The van der Waals surface area contributed by atoms with Crippen LogP contribution in [0.1, 0.15) is 30.0 Å². The smallest absolute Gasteiger partial charge is 0.129 e. The highest BCUT2D eigenvalue weighted by Gasteiger charge is 2.28. The third-order valence-electron chi connectivity index (χ3n) is 4.17. The van der Waals surface area contributed by atoms with Crippen LogP contribution in [-0.4, -0.2) is 29.7 Å². The van der Waals surface area contributed by atoms with Crippen LogP contribution in [0.5, 0.6) is 5.75 Å². The summed E-state index contributed by atoms with van der Waals surface area (Å²) in [6.45, 7) is 0.807. The number of nitrogens with two attached hydrogens (primary N) is 1. The van der Waals surface area contributed by atoms with Gasteiger partial charge in [0.1, 0.15) is 17.9 Å². The van der Waals surface area contributed by atoms with E-state index in [0.29, 0.717) is 12.0 Å². The van der Waals surface area contributed by atoms with E-state index in [2.05, 4.69) is 21.4 Å². The molecule has 0 aliphatic heterocycles. The fourth-order valence-electron chi connectivity index (χ4n) is 2.83. The zero-order chi connectivity index (χ0) is 15.4. The maximum atomic E-state index is 5.85. The number of rotatable bonds is 6. The van der Waals surface area contributed by atoms with Crippen LogP contribution in [0.25, 0.3) is 0 Å². The molecule has 5 nitrogen and oxygen atoms in total. The molecule has 1 aliphatic carbocycles. The van der Waals surface area contributed by atoms with E-state index in [9.17, 15) is 0 Å². The van der Waals surface area contributed by atoms with E-state index >= 15 is 0 Å². The van der Waals surface area contributed by atoms with Crippen molar-refractivity contribution in [2.45, 2.75) is 31.2 Å². The molecule has 0 saturated heterocycles. The maximum Gasteiger partial charge on any atom is 0.129 e. The molecule has 0 radical (unpaired) electrons. The lowest BCUT2D eigenvalue weighted by Crippen LogP contribution is -2.35. The minimum atomic E-state index is 0.335. The van der Waals surface area contributed by atoms with Gasteiger partial charge in [-0.2, -0.15) is 0 Å². The Hall–Kier alpha value is -2.14. The van der Waals surface area contributed by atoms with Gasteiger partial charge in [0, 0.05) is 30.3 Å². The quantitative estimate of drug-likeness (QED) is 0.856. The van der Waals surface area contributed by atoms with Crippen molar-refractivity contribution in [2.75, 3.05) is 19.0 Å². The number of ether oxygens (including phenoxy) is 1. The van der Waals surface area contributed by atoms with Gasteiger partial charge in [0.15, 0.2) is 0 Å². The summed E-state index contributed by atoms with van der Waals surface area (Å²) >= 11 is 0. The van der Waals surface area contributed by atoms with Crippen LogP contribution in [0.2, 0.25) is 0 Å². The van der Waals surface area contributed by atoms with Crippen molar-refractivity contribution in [2.24, 2.45) is 5.73 Å². The van der Waals surface area contributed by atoms with Gasteiger partial charge in [-0.25, -0.2) is 9.97 Å². The van der Waals surface area contributed by atoms with Gasteiger partial charge in [0.25, 0.3) is 0 Å². The van der Waals surface area contributed by atoms with Gasteiger partial charge in [-0.1, -0.05) is 18.2 Å². The third-order valence-corrected chi connectivity index (χ3v) is 4.17. The normalized spacial score (nSPS) is 20.3. The maximum absolute atomic E-state index is 5.85. The van der Waals surface area contributed by atoms with Crippen LogP contribution in [0.3, 0.4) is 0 Å². The molecule has 1 aromatic heterocycles. The first kappa shape index (κ1) is 14.8. The SMILES string of the molecule is COc1ccccc1CCNc1cc(C2CC(N)C2)ncn1. The first-order valence-corrected chi connectivity index (χ1v) is 7.69. The first-order valence-electron chi connectivity index (χ1n) is 7.69. The molecule has 22 heavy (non-hydrogen) atoms. The molecule has 1 aliphatic rings. The molecule has 0 amide bonds. The van der Waals surface area contributed by atoms with Gasteiger partial charge >= 0.3 is 0 Å². The summed E-state index contributed by atoms with van der Waals surface area (Å²) in [5, 5.41) is 3.36. The highest BCUT2D eigenvalue weighted by molar-refractivity contribution is 5.38. The van der Waals surface area contributed by atoms with Crippen LogP contribution < -0.4 is 15.8 Å². The molecular formula is C17H22N4O. The summed E-state index contributed by atoms with van der Waals surface area (Å²) < 4.78 is 5.37. The Bertz CT molecular complexity index is 626. The highest BCUT2D eigenvalue weighted by atomic mass is 16.5. The lowest BCUT2D eigenvalue weighted by Gasteiger charge is -2.31. The van der Waals surface area contributed by atoms with E-state index in [-0.39, 0.29) is 0 Å². The summed E-state index contributed by atoms with van der Waals surface area (Å²) in [5.41, 5.74) is 8.13. The lowest BCUT2D eigenvalue weighted by atomic mass is 9.79. The Labute approximate surface area is 130 Å². The summed E-state index contributed by atoms with van der Waals surface area (Å²) in [6.07, 6.45) is 4.57. The Balaban J connectivity index is 1.56. The standard InChI is InChI=1S/C17H22N4O/c1-22-16-5-3-2-4-12(16)6-7-19-17-10-15(20-11-21-17)13-8-14(18)9-13/h2-5,10-11,13-14H,6-9,18H2,1H3,(H,19,20,21). The lowest BCUT2D eigenvalue weighted by molar-refractivity contribution is 0.345. The molecule has 0 bridgehead atoms. The van der Waals surface area contributed by atoms with Crippen molar-refractivity contribution in [3.63, 3.8) is 0 Å². The average Bonchev–Trinajstić information content (AvgIpc) is 2.52. The van der Waals surface area contributed by atoms with Crippen LogP contribution in [0.4, 0.5) is 5.82 Å². The van der Waals surface area contributed by atoms with E-state index in [1.54, 1.807) is 13.4 Å². The van der Waals surface area contributed by atoms with Crippen molar-refractivity contribution in [3.8, 4) is 5.75 Å². The largest absolute Gasteiger partial charge is 0.496 e. The molecule has 3 N–H and O–H groups in total. The predicted molar refractivity (Wildman–Crippen MR) is 87.2 cm³/mol. The van der Waals surface area contributed by atoms with Crippen molar-refractivity contribution in [3.05, 3.63) is 47.9 Å². The van der Waals surface area contributed by atoms with Gasteiger partial charge < -0.3 is 15.8 Å². The Morgan fingerprint density at radius 2 is 2.09 bits per heavy atom. The predicted octanol–water partition coefficient (Wildman–Crippen LogP) is 2.34. The molecule has 116 valence electrons. The average molecular weight is 298 g/mol. The molecule has 0 spiro atoms. The second-order valence-electron chi connectivity index (χ2n) is 5.75. The van der Waals surface area contributed by atoms with Crippen molar-refractivity contribution in [1.82, 2.24) is 9.97 Å². The molecular weight excluding hydrogens is 276 g/mol. The van der Waals surface area contributed by atoms with E-state index in [1.165, 1.54) is 5.56 Å². The molecule has 2 aromatic rings. The number of para-hydroxylation sites is 1. The Morgan fingerprint density at radius 3 is 2.86 bits per heavy atom. The number of nitrogens with one attached hydrogen (secondary N) is 1. The number of methoxy groups -OCH3 is 1. The third kappa shape index (κ3) is 3.36. The van der Waals surface area contributed by atoms with E-state index < -0.39 is 0 Å². The Kier molecular flexibility index (Phi) is 4.53. The van der Waals surface area contributed by atoms with Crippen LogP contribution in [0.15, 0.2) is 36.7 Å². The topological polar surface area (TPSA) is 73.1 Å². The highest BCUT2D eigenvalue weighted by Crippen LogP contribution is 2.34. The summed E-state index contributed by atoms with van der Waals surface area (Å²) in [4.78, 5) is 8.65. The molecule has 0 atom stereocenters. The van der Waals surface area contributed by atoms with Crippen molar-refractivity contribution < 1.29 is 4.74 Å². The molecule has 1 saturated carbocycles. The zero-order valence-electron chi connectivity index (χ0n) is 12.8. The molecule has 1 fully saturated rings. The zero-order valence-corrected chi connectivity index (χ0v) is 12.8. The van der Waals surface area contributed by atoms with Gasteiger partial charge in [0.2, 0.25) is 0 Å². The fraction of sp³-hybridized carbons (Fsp3) is 0.412. The number of anilines is 1.